The van der Waals surface area contributed by atoms with Crippen molar-refractivity contribution >= 4 is 17.7 Å². The fourth-order valence-electron chi connectivity index (χ4n) is 7.61. The molecule has 2 fully saturated rings. The number of fused-ring (bicyclic) bond motifs is 5. The van der Waals surface area contributed by atoms with Crippen LogP contribution in [0.25, 0.3) is 0 Å². The summed E-state index contributed by atoms with van der Waals surface area (Å²) in [6.07, 6.45) is 10.9. The van der Waals surface area contributed by atoms with E-state index in [1.165, 1.54) is 5.57 Å². The highest BCUT2D eigenvalue weighted by Gasteiger charge is 2.60. The molecule has 2 saturated carbocycles. The molecule has 4 rings (SSSR count). The highest BCUT2D eigenvalue weighted by molar-refractivity contribution is 5.88. The van der Waals surface area contributed by atoms with Crippen LogP contribution in [0.3, 0.4) is 0 Å². The lowest BCUT2D eigenvalue weighted by Gasteiger charge is -2.57. The molecule has 0 spiro atoms. The van der Waals surface area contributed by atoms with Crippen LogP contribution in [0.15, 0.2) is 23.3 Å². The summed E-state index contributed by atoms with van der Waals surface area (Å²) < 4.78 is 0. The number of hydrogen-bond acceptors (Lipinski definition) is 3. The van der Waals surface area contributed by atoms with Crippen molar-refractivity contribution in [2.45, 2.75) is 78.7 Å². The van der Waals surface area contributed by atoms with Gasteiger partial charge in [-0.2, -0.15) is 0 Å². The normalized spacial score (nSPS) is 39.9. The van der Waals surface area contributed by atoms with Crippen molar-refractivity contribution in [2.75, 3.05) is 7.05 Å². The minimum atomic E-state index is -0.789. The third-order valence-electron chi connectivity index (χ3n) is 9.86. The summed E-state index contributed by atoms with van der Waals surface area (Å²) in [5.74, 6) is 0.996. The van der Waals surface area contributed by atoms with Gasteiger partial charge in [0.2, 0.25) is 5.91 Å². The van der Waals surface area contributed by atoms with E-state index in [0.29, 0.717) is 29.7 Å². The maximum atomic E-state index is 13.4. The van der Waals surface area contributed by atoms with Gasteiger partial charge in [-0.25, -0.2) is 4.79 Å². The molecule has 0 aromatic rings. The summed E-state index contributed by atoms with van der Waals surface area (Å²) in [5, 5.41) is 9.45. The Morgan fingerprint density at radius 1 is 1.13 bits per heavy atom. The molecule has 0 aromatic carbocycles. The molecule has 0 heterocycles. The van der Waals surface area contributed by atoms with E-state index in [0.717, 1.165) is 38.5 Å². The Morgan fingerprint density at radius 2 is 1.84 bits per heavy atom. The summed E-state index contributed by atoms with van der Waals surface area (Å²) >= 11 is 0. The Hall–Kier alpha value is -1.91. The van der Waals surface area contributed by atoms with Crippen LogP contribution < -0.4 is 0 Å². The monoisotopic (exact) mass is 427 g/mol. The second kappa shape index (κ2) is 7.60. The van der Waals surface area contributed by atoms with Crippen LogP contribution in [-0.2, 0) is 14.4 Å². The fraction of sp³-hybridized carbons (Fsp3) is 0.731. The molecule has 31 heavy (non-hydrogen) atoms. The molecule has 7 atom stereocenters. The van der Waals surface area contributed by atoms with Crippen molar-refractivity contribution in [3.63, 3.8) is 0 Å². The first-order chi connectivity index (χ1) is 14.5. The molecule has 0 aliphatic heterocycles. The molecule has 170 valence electrons. The smallest absolute Gasteiger partial charge is 0.331 e. The number of ketones is 1. The third kappa shape index (κ3) is 3.30. The van der Waals surface area contributed by atoms with Crippen LogP contribution in [0.1, 0.15) is 72.6 Å². The van der Waals surface area contributed by atoms with Crippen molar-refractivity contribution < 1.29 is 19.5 Å². The second-order valence-corrected chi connectivity index (χ2v) is 11.1. The molecule has 0 saturated heterocycles. The van der Waals surface area contributed by atoms with Gasteiger partial charge in [-0.1, -0.05) is 19.9 Å². The number of amides is 1. The molecule has 5 heteroatoms. The molecule has 4 aliphatic carbocycles. The zero-order valence-corrected chi connectivity index (χ0v) is 19.6. The standard InChI is InChI=1S/C26H37NO4/c1-15(16(2)28)27(5)23(29)22-9-8-20-19-7-6-18-14-17(24(30)31)10-12-25(18,3)21(19)11-13-26(20,22)4/h6,14-15,19-22H,7-13H2,1-5H3,(H,30,31)/t15?,19-,20-,21-,22?,25-,26-/m0/s1. The van der Waals surface area contributed by atoms with Crippen molar-refractivity contribution in [3.8, 4) is 0 Å². The first kappa shape index (κ1) is 22.3. The van der Waals surface area contributed by atoms with Crippen LogP contribution in [0.5, 0.6) is 0 Å². The highest BCUT2D eigenvalue weighted by Crippen LogP contribution is 2.66. The van der Waals surface area contributed by atoms with E-state index in [1.54, 1.807) is 18.9 Å². The van der Waals surface area contributed by atoms with Crippen molar-refractivity contribution in [1.82, 2.24) is 4.90 Å². The van der Waals surface area contributed by atoms with E-state index in [9.17, 15) is 19.5 Å². The third-order valence-corrected chi connectivity index (χ3v) is 9.86. The van der Waals surface area contributed by atoms with Gasteiger partial charge in [0, 0.05) is 18.5 Å². The van der Waals surface area contributed by atoms with Gasteiger partial charge < -0.3 is 10.0 Å². The number of carbonyl (C=O) groups is 3. The van der Waals surface area contributed by atoms with Crippen molar-refractivity contribution in [2.24, 2.45) is 34.5 Å². The summed E-state index contributed by atoms with van der Waals surface area (Å²) in [7, 11) is 1.78. The van der Waals surface area contributed by atoms with Gasteiger partial charge in [0.15, 0.2) is 5.78 Å². The van der Waals surface area contributed by atoms with Gasteiger partial charge in [0.05, 0.1) is 6.04 Å². The second-order valence-electron chi connectivity index (χ2n) is 11.1. The van der Waals surface area contributed by atoms with Crippen LogP contribution in [-0.4, -0.2) is 40.8 Å². The molecule has 4 aliphatic rings. The topological polar surface area (TPSA) is 74.7 Å². The predicted octanol–water partition coefficient (Wildman–Crippen LogP) is 4.62. The number of nitrogens with zero attached hydrogens (tertiary/aromatic N) is 1. The molecule has 1 amide bonds. The number of aliphatic carboxylic acids is 1. The Morgan fingerprint density at radius 3 is 2.48 bits per heavy atom. The number of likely N-dealkylation sites (N-methyl/N-ethyl adjacent to an activating group) is 1. The highest BCUT2D eigenvalue weighted by atomic mass is 16.4. The zero-order valence-electron chi connectivity index (χ0n) is 19.6. The molecule has 5 nitrogen and oxygen atoms in total. The minimum absolute atomic E-state index is 0.00621. The average Bonchev–Trinajstić information content (AvgIpc) is 3.08. The zero-order chi connectivity index (χ0) is 22.7. The summed E-state index contributed by atoms with van der Waals surface area (Å²) in [4.78, 5) is 38.4. The summed E-state index contributed by atoms with van der Waals surface area (Å²) in [6, 6.07) is -0.372. The minimum Gasteiger partial charge on any atom is -0.478 e. The lowest BCUT2D eigenvalue weighted by atomic mass is 9.48. The number of Topliss-reactive ketones (excluding diaryl/α,β-unsaturated/α-hetero) is 1. The van der Waals surface area contributed by atoms with Gasteiger partial charge in [-0.15, -0.1) is 0 Å². The molecule has 0 radical (unpaired) electrons. The number of carbonyl (C=O) groups excluding carboxylic acids is 2. The molecular weight excluding hydrogens is 390 g/mol. The van der Waals surface area contributed by atoms with Gasteiger partial charge >= 0.3 is 5.97 Å². The van der Waals surface area contributed by atoms with Gasteiger partial charge in [0.1, 0.15) is 0 Å². The summed E-state index contributed by atoms with van der Waals surface area (Å²) in [5.41, 5.74) is 1.80. The predicted molar refractivity (Wildman–Crippen MR) is 119 cm³/mol. The van der Waals surface area contributed by atoms with E-state index in [1.807, 2.05) is 13.0 Å². The lowest BCUT2D eigenvalue weighted by molar-refractivity contribution is -0.145. The lowest BCUT2D eigenvalue weighted by Crippen LogP contribution is -2.52. The average molecular weight is 428 g/mol. The molecule has 1 N–H and O–H groups in total. The van der Waals surface area contributed by atoms with Crippen molar-refractivity contribution in [3.05, 3.63) is 23.3 Å². The number of carboxylic acid groups (broad SMARTS) is 1. The number of carboxylic acids is 1. The Kier molecular flexibility index (Phi) is 5.46. The Bertz CT molecular complexity index is 873. The molecule has 2 unspecified atom stereocenters. The quantitative estimate of drug-likeness (QED) is 0.710. The molecular formula is C26H37NO4. The SMILES string of the molecule is CC(=O)C(C)N(C)C(=O)C1CC[C@H]2[C@@H]3CC=C4C=C(C(=O)O)CC[C@]4(C)[C@H]3CC[C@]12C. The Balaban J connectivity index is 1.59. The first-order valence-corrected chi connectivity index (χ1v) is 11.9. The fourth-order valence-corrected chi connectivity index (χ4v) is 7.61. The summed E-state index contributed by atoms with van der Waals surface area (Å²) in [6.45, 7) is 8.04. The van der Waals surface area contributed by atoms with E-state index in [4.69, 9.17) is 0 Å². The maximum Gasteiger partial charge on any atom is 0.331 e. The van der Waals surface area contributed by atoms with Crippen molar-refractivity contribution in [1.29, 1.82) is 0 Å². The van der Waals surface area contributed by atoms with Gasteiger partial charge in [0.25, 0.3) is 0 Å². The number of allylic oxidation sites excluding steroid dienone is 3. The van der Waals surface area contributed by atoms with E-state index in [-0.39, 0.29) is 34.5 Å². The van der Waals surface area contributed by atoms with Gasteiger partial charge in [-0.3, -0.25) is 9.59 Å². The largest absolute Gasteiger partial charge is 0.478 e. The van der Waals surface area contributed by atoms with Crippen LogP contribution in [0, 0.1) is 34.5 Å². The van der Waals surface area contributed by atoms with E-state index >= 15 is 0 Å². The van der Waals surface area contributed by atoms with E-state index in [2.05, 4.69) is 19.9 Å². The van der Waals surface area contributed by atoms with E-state index < -0.39 is 5.97 Å². The number of hydrogen-bond donors (Lipinski definition) is 1. The van der Waals surface area contributed by atoms with Crippen LogP contribution in [0.2, 0.25) is 0 Å². The molecule has 0 aromatic heterocycles. The molecule has 0 bridgehead atoms. The Labute approximate surface area is 185 Å². The van der Waals surface area contributed by atoms with Gasteiger partial charge in [-0.05, 0) is 99.0 Å². The van der Waals surface area contributed by atoms with Crippen LogP contribution in [0.4, 0.5) is 0 Å². The first-order valence-electron chi connectivity index (χ1n) is 11.9. The number of rotatable bonds is 4. The van der Waals surface area contributed by atoms with Crippen LogP contribution >= 0.6 is 0 Å². The maximum absolute atomic E-state index is 13.4.